The summed E-state index contributed by atoms with van der Waals surface area (Å²) in [4.78, 5) is 21.4. The molecule has 1 aromatic rings. The summed E-state index contributed by atoms with van der Waals surface area (Å²) in [5.74, 6) is 0.795. The molecule has 1 aliphatic carbocycles. The Morgan fingerprint density at radius 3 is 2.81 bits per heavy atom. The molecule has 2 aliphatic rings. The Kier molecular flexibility index (Phi) is 7.03. The number of aromatic nitrogens is 1. The summed E-state index contributed by atoms with van der Waals surface area (Å²) in [6.07, 6.45) is 11.4. The molecule has 0 unspecified atom stereocenters. The van der Waals surface area contributed by atoms with E-state index in [1.807, 2.05) is 18.5 Å². The topological polar surface area (TPSA) is 48.5 Å². The van der Waals surface area contributed by atoms with Gasteiger partial charge in [-0.25, -0.2) is 0 Å². The van der Waals surface area contributed by atoms with E-state index in [4.69, 9.17) is 0 Å². The average molecular weight is 359 g/mol. The standard InChI is InChI=1S/C21H34N4O/c1-24(2)20-11-13-25(15-17-6-5-12-22-14-17)16-18(20)9-10-21(26)23-19-7-3-4-8-19/h5-6,12,14,18-20H,3-4,7-11,13,15-16H2,1-2H3,(H,23,26)/t18-,20+/m0/s1. The Bertz CT molecular complexity index is 556. The van der Waals surface area contributed by atoms with E-state index in [0.29, 0.717) is 24.4 Å². The Morgan fingerprint density at radius 2 is 2.12 bits per heavy atom. The minimum Gasteiger partial charge on any atom is -0.353 e. The van der Waals surface area contributed by atoms with Gasteiger partial charge in [-0.3, -0.25) is 14.7 Å². The predicted molar refractivity (Wildman–Crippen MR) is 105 cm³/mol. The van der Waals surface area contributed by atoms with E-state index < -0.39 is 0 Å². The van der Waals surface area contributed by atoms with Crippen LogP contribution in [0.15, 0.2) is 24.5 Å². The third kappa shape index (κ3) is 5.52. The summed E-state index contributed by atoms with van der Waals surface area (Å²) in [5, 5.41) is 3.24. The van der Waals surface area contributed by atoms with E-state index in [0.717, 1.165) is 38.9 Å². The molecule has 2 fully saturated rings. The number of amides is 1. The van der Waals surface area contributed by atoms with Gasteiger partial charge in [-0.15, -0.1) is 0 Å². The number of hydrogen-bond donors (Lipinski definition) is 1. The highest BCUT2D eigenvalue weighted by Crippen LogP contribution is 2.26. The zero-order chi connectivity index (χ0) is 18.4. The van der Waals surface area contributed by atoms with Gasteiger partial charge < -0.3 is 10.2 Å². The molecule has 1 saturated carbocycles. The molecular formula is C21H34N4O. The van der Waals surface area contributed by atoms with E-state index in [1.54, 1.807) is 0 Å². The summed E-state index contributed by atoms with van der Waals surface area (Å²) >= 11 is 0. The summed E-state index contributed by atoms with van der Waals surface area (Å²) < 4.78 is 0. The molecule has 1 N–H and O–H groups in total. The van der Waals surface area contributed by atoms with Crippen LogP contribution in [0.2, 0.25) is 0 Å². The van der Waals surface area contributed by atoms with Gasteiger partial charge in [0.15, 0.2) is 0 Å². The molecule has 0 radical (unpaired) electrons. The number of piperidine rings is 1. The van der Waals surface area contributed by atoms with Gasteiger partial charge >= 0.3 is 0 Å². The van der Waals surface area contributed by atoms with Crippen molar-refractivity contribution in [2.24, 2.45) is 5.92 Å². The third-order valence-electron chi connectivity index (χ3n) is 6.03. The Morgan fingerprint density at radius 1 is 1.31 bits per heavy atom. The first-order chi connectivity index (χ1) is 12.6. The fourth-order valence-corrected chi connectivity index (χ4v) is 4.64. The van der Waals surface area contributed by atoms with Crippen molar-refractivity contribution in [3.63, 3.8) is 0 Å². The van der Waals surface area contributed by atoms with Crippen LogP contribution in [0.25, 0.3) is 0 Å². The maximum absolute atomic E-state index is 12.3. The van der Waals surface area contributed by atoms with Crippen molar-refractivity contribution in [3.05, 3.63) is 30.1 Å². The third-order valence-corrected chi connectivity index (χ3v) is 6.03. The van der Waals surface area contributed by atoms with Crippen molar-refractivity contribution in [2.45, 2.75) is 63.6 Å². The number of hydrogen-bond acceptors (Lipinski definition) is 4. The zero-order valence-corrected chi connectivity index (χ0v) is 16.4. The zero-order valence-electron chi connectivity index (χ0n) is 16.4. The van der Waals surface area contributed by atoms with Crippen molar-refractivity contribution in [3.8, 4) is 0 Å². The molecule has 0 bridgehead atoms. The Hall–Kier alpha value is -1.46. The SMILES string of the molecule is CN(C)[C@@H]1CCN(Cc2cccnc2)C[C@@H]1CCC(=O)NC1CCCC1. The molecule has 0 spiro atoms. The van der Waals surface area contributed by atoms with Crippen molar-refractivity contribution < 1.29 is 4.79 Å². The maximum Gasteiger partial charge on any atom is 0.220 e. The van der Waals surface area contributed by atoms with Gasteiger partial charge in [0.05, 0.1) is 0 Å². The van der Waals surface area contributed by atoms with Gasteiger partial charge in [0.1, 0.15) is 0 Å². The molecule has 3 rings (SSSR count). The van der Waals surface area contributed by atoms with Gasteiger partial charge in [-0.05, 0) is 63.9 Å². The molecule has 5 heteroatoms. The number of rotatable bonds is 7. The van der Waals surface area contributed by atoms with E-state index in [1.165, 1.54) is 24.8 Å². The van der Waals surface area contributed by atoms with Crippen LogP contribution < -0.4 is 5.32 Å². The normalized spacial score (nSPS) is 24.9. The number of pyridine rings is 1. The molecule has 2 heterocycles. The fraction of sp³-hybridized carbons (Fsp3) is 0.714. The average Bonchev–Trinajstić information content (AvgIpc) is 3.14. The molecule has 1 amide bonds. The maximum atomic E-state index is 12.3. The van der Waals surface area contributed by atoms with Crippen molar-refractivity contribution >= 4 is 5.91 Å². The summed E-state index contributed by atoms with van der Waals surface area (Å²) in [6, 6.07) is 5.15. The van der Waals surface area contributed by atoms with Crippen molar-refractivity contribution in [2.75, 3.05) is 27.2 Å². The van der Waals surface area contributed by atoms with Crippen LogP contribution in [0.5, 0.6) is 0 Å². The highest BCUT2D eigenvalue weighted by atomic mass is 16.1. The first-order valence-electron chi connectivity index (χ1n) is 10.2. The van der Waals surface area contributed by atoms with Crippen LogP contribution in [-0.4, -0.2) is 60.0 Å². The second-order valence-electron chi connectivity index (χ2n) is 8.26. The lowest BCUT2D eigenvalue weighted by atomic mass is 9.87. The van der Waals surface area contributed by atoms with Gasteiger partial charge in [-0.1, -0.05) is 18.9 Å². The predicted octanol–water partition coefficient (Wildman–Crippen LogP) is 2.67. The van der Waals surface area contributed by atoms with Crippen LogP contribution >= 0.6 is 0 Å². The highest BCUT2D eigenvalue weighted by Gasteiger charge is 2.31. The van der Waals surface area contributed by atoms with Gasteiger partial charge in [0.25, 0.3) is 0 Å². The van der Waals surface area contributed by atoms with Crippen LogP contribution in [0.1, 0.15) is 50.5 Å². The van der Waals surface area contributed by atoms with Crippen LogP contribution in [0.3, 0.4) is 0 Å². The molecule has 2 atom stereocenters. The number of nitrogens with one attached hydrogen (secondary N) is 1. The molecule has 0 aromatic carbocycles. The molecule has 26 heavy (non-hydrogen) atoms. The number of likely N-dealkylation sites (tertiary alicyclic amines) is 1. The highest BCUT2D eigenvalue weighted by molar-refractivity contribution is 5.76. The first-order valence-corrected chi connectivity index (χ1v) is 10.2. The lowest BCUT2D eigenvalue weighted by molar-refractivity contribution is -0.122. The van der Waals surface area contributed by atoms with Crippen LogP contribution in [0.4, 0.5) is 0 Å². The van der Waals surface area contributed by atoms with Crippen LogP contribution in [-0.2, 0) is 11.3 Å². The van der Waals surface area contributed by atoms with E-state index >= 15 is 0 Å². The van der Waals surface area contributed by atoms with Gasteiger partial charge in [0, 0.05) is 44.0 Å². The van der Waals surface area contributed by atoms with E-state index in [9.17, 15) is 4.79 Å². The van der Waals surface area contributed by atoms with Gasteiger partial charge in [0.2, 0.25) is 5.91 Å². The lowest BCUT2D eigenvalue weighted by Gasteiger charge is -2.41. The Balaban J connectivity index is 1.51. The second kappa shape index (κ2) is 9.47. The molecule has 1 aromatic heterocycles. The lowest BCUT2D eigenvalue weighted by Crippen LogP contribution is -2.48. The second-order valence-corrected chi connectivity index (χ2v) is 8.26. The molecule has 144 valence electrons. The minimum atomic E-state index is 0.249. The van der Waals surface area contributed by atoms with E-state index in [-0.39, 0.29) is 5.91 Å². The first kappa shape index (κ1) is 19.3. The van der Waals surface area contributed by atoms with Gasteiger partial charge in [-0.2, -0.15) is 0 Å². The van der Waals surface area contributed by atoms with Crippen molar-refractivity contribution in [1.29, 1.82) is 0 Å². The van der Waals surface area contributed by atoms with E-state index in [2.05, 4.69) is 40.3 Å². The molecule has 1 saturated heterocycles. The molecular weight excluding hydrogens is 324 g/mol. The largest absolute Gasteiger partial charge is 0.353 e. The number of carbonyl (C=O) groups is 1. The monoisotopic (exact) mass is 358 g/mol. The summed E-state index contributed by atoms with van der Waals surface area (Å²) in [5.41, 5.74) is 1.27. The molecule has 1 aliphatic heterocycles. The minimum absolute atomic E-state index is 0.249. The van der Waals surface area contributed by atoms with Crippen LogP contribution in [0, 0.1) is 5.92 Å². The fourth-order valence-electron chi connectivity index (χ4n) is 4.64. The smallest absolute Gasteiger partial charge is 0.220 e. The summed E-state index contributed by atoms with van der Waals surface area (Å²) in [7, 11) is 4.35. The Labute approximate surface area is 158 Å². The quantitative estimate of drug-likeness (QED) is 0.814. The summed E-state index contributed by atoms with van der Waals surface area (Å²) in [6.45, 7) is 3.13. The number of nitrogens with zero attached hydrogens (tertiary/aromatic N) is 3. The van der Waals surface area contributed by atoms with Crippen molar-refractivity contribution in [1.82, 2.24) is 20.1 Å². The molecule has 5 nitrogen and oxygen atoms in total. The number of carbonyl (C=O) groups excluding carboxylic acids is 1.